The van der Waals surface area contributed by atoms with E-state index in [1.807, 2.05) is 6.07 Å². The minimum atomic E-state index is -1.67. The second-order valence-corrected chi connectivity index (χ2v) is 16.3. The highest BCUT2D eigenvalue weighted by atomic mass is 32.1. The Bertz CT molecular complexity index is 1370. The normalized spacial score (nSPS) is 17.8. The van der Waals surface area contributed by atoms with Crippen LogP contribution in [0.5, 0.6) is 0 Å². The summed E-state index contributed by atoms with van der Waals surface area (Å²) in [6.07, 6.45) is 9.34. The van der Waals surface area contributed by atoms with E-state index < -0.39 is 29.4 Å². The molecule has 2 rings (SSSR count). The molecule has 10 heteroatoms. The van der Waals surface area contributed by atoms with Crippen molar-refractivity contribution >= 4 is 40.3 Å². The van der Waals surface area contributed by atoms with Crippen LogP contribution in [0.4, 0.5) is 5.13 Å². The highest BCUT2D eigenvalue weighted by Crippen LogP contribution is 2.40. The molecule has 48 heavy (non-hydrogen) atoms. The Balaban J connectivity index is 2.81. The van der Waals surface area contributed by atoms with Crippen LogP contribution in [0, 0.1) is 28.6 Å². The van der Waals surface area contributed by atoms with Crippen molar-refractivity contribution in [2.45, 2.75) is 146 Å². The summed E-state index contributed by atoms with van der Waals surface area (Å²) in [4.78, 5) is 48.4. The molecule has 3 unspecified atom stereocenters. The van der Waals surface area contributed by atoms with Crippen LogP contribution in [-0.4, -0.2) is 57.1 Å². The minimum Gasteiger partial charge on any atom is -0.368 e. The van der Waals surface area contributed by atoms with Crippen LogP contribution in [0.15, 0.2) is 16.7 Å². The number of hydrazine groups is 1. The van der Waals surface area contributed by atoms with Crippen LogP contribution >= 0.6 is 11.3 Å². The summed E-state index contributed by atoms with van der Waals surface area (Å²) in [6, 6.07) is 1.97. The molecule has 0 fully saturated rings. The Morgan fingerprint density at radius 1 is 1.02 bits per heavy atom. The first-order valence-corrected chi connectivity index (χ1v) is 18.6. The van der Waals surface area contributed by atoms with Crippen LogP contribution in [0.1, 0.15) is 145 Å². The van der Waals surface area contributed by atoms with Gasteiger partial charge in [-0.25, -0.2) is 9.99 Å². The highest BCUT2D eigenvalue weighted by Gasteiger charge is 2.45. The molecule has 3 atom stereocenters. The Morgan fingerprint density at radius 3 is 1.94 bits per heavy atom. The molecule has 0 aromatic carbocycles. The first kappa shape index (κ1) is 41.1. The molecule has 1 aromatic heterocycles. The molecule has 3 amide bonds. The van der Waals surface area contributed by atoms with Crippen molar-refractivity contribution in [2.75, 3.05) is 18.0 Å². The van der Waals surface area contributed by atoms with Gasteiger partial charge >= 0.3 is 0 Å². The number of hydrogen-bond donors (Lipinski definition) is 1. The van der Waals surface area contributed by atoms with Gasteiger partial charge in [-0.1, -0.05) is 119 Å². The zero-order chi connectivity index (χ0) is 36.6. The Morgan fingerprint density at radius 2 is 1.54 bits per heavy atom. The third-order valence-electron chi connectivity index (χ3n) is 9.15. The fourth-order valence-electron chi connectivity index (χ4n) is 6.00. The maximum Gasteiger partial charge on any atom is 0.286 e. The monoisotopic (exact) mass is 683 g/mol. The lowest BCUT2D eigenvalue weighted by Gasteiger charge is -2.41. The summed E-state index contributed by atoms with van der Waals surface area (Å²) in [5.41, 5.74) is -0.194. The Labute approximate surface area is 294 Å². The standard InChI is InChI=1S/C38H61N5O4S/c1-13-17-19-27(15-3)23-41(24-28(16-4)20-18-14-2)36-40-32(37(7,8)9)31(48-36)21-29-25(5)30(22-39)34(46)43(33(29)45)42(26(6)44)35(47)38(10,11)12/h21,27-28,33,45H,13-20,23-24H2,1-12H3/b29-21-. The number of aromatic nitrogens is 1. The zero-order valence-corrected chi connectivity index (χ0v) is 32.5. The molecule has 1 aromatic rings. The first-order chi connectivity index (χ1) is 22.4. The maximum atomic E-state index is 13.6. The van der Waals surface area contributed by atoms with Crippen LogP contribution < -0.4 is 4.90 Å². The van der Waals surface area contributed by atoms with Gasteiger partial charge in [-0.05, 0) is 43.3 Å². The summed E-state index contributed by atoms with van der Waals surface area (Å²) < 4.78 is 0. The van der Waals surface area contributed by atoms with Crippen molar-refractivity contribution in [3.8, 4) is 6.07 Å². The molecule has 2 heterocycles. The van der Waals surface area contributed by atoms with Crippen molar-refractivity contribution in [1.82, 2.24) is 15.0 Å². The molecule has 1 aliphatic heterocycles. The minimum absolute atomic E-state index is 0.230. The first-order valence-electron chi connectivity index (χ1n) is 17.8. The number of rotatable bonds is 15. The number of amides is 3. The van der Waals surface area contributed by atoms with E-state index in [1.165, 1.54) is 32.6 Å². The molecular formula is C38H61N5O4S. The number of hydrogen-bond acceptors (Lipinski definition) is 8. The molecule has 1 N–H and O–H groups in total. The number of aliphatic hydroxyl groups excluding tert-OH is 1. The molecule has 0 saturated carbocycles. The number of nitrogens with zero attached hydrogens (tertiary/aromatic N) is 5. The number of nitriles is 1. The SMILES string of the molecule is CCCCC(CC)CN(CC(CC)CCCC)c1nc(C(C)(C)C)c(/C=C2/C(C)=C(C#N)C(=O)N(N(C(C)=O)C(=O)C(C)(C)C)C2O)s1. The zero-order valence-electron chi connectivity index (χ0n) is 31.7. The van der Waals surface area contributed by atoms with Crippen molar-refractivity contribution in [1.29, 1.82) is 5.26 Å². The Hall–Kier alpha value is -3.03. The number of unbranched alkanes of at least 4 members (excludes halogenated alkanes) is 2. The van der Waals surface area contributed by atoms with Gasteiger partial charge in [0.1, 0.15) is 11.6 Å². The van der Waals surface area contributed by atoms with Gasteiger partial charge in [0.2, 0.25) is 5.91 Å². The van der Waals surface area contributed by atoms with Crippen LogP contribution in [-0.2, 0) is 19.8 Å². The van der Waals surface area contributed by atoms with E-state index in [0.717, 1.165) is 59.5 Å². The molecule has 0 aliphatic carbocycles. The van der Waals surface area contributed by atoms with Gasteiger partial charge in [-0.15, -0.1) is 0 Å². The molecule has 268 valence electrons. The third-order valence-corrected chi connectivity index (χ3v) is 10.2. The molecule has 9 nitrogen and oxygen atoms in total. The largest absolute Gasteiger partial charge is 0.368 e. The molecular weight excluding hydrogens is 623 g/mol. The average molecular weight is 684 g/mol. The van der Waals surface area contributed by atoms with E-state index in [-0.39, 0.29) is 16.6 Å². The van der Waals surface area contributed by atoms with Crippen molar-refractivity contribution < 1.29 is 19.5 Å². The second kappa shape index (κ2) is 17.6. The van der Waals surface area contributed by atoms with Gasteiger partial charge in [0.15, 0.2) is 11.4 Å². The van der Waals surface area contributed by atoms with Crippen molar-refractivity contribution in [3.05, 3.63) is 27.3 Å². The van der Waals surface area contributed by atoms with Gasteiger partial charge < -0.3 is 10.0 Å². The lowest BCUT2D eigenvalue weighted by Crippen LogP contribution is -2.61. The number of thiazole rings is 1. The average Bonchev–Trinajstić information content (AvgIpc) is 3.44. The topological polar surface area (TPSA) is 118 Å². The molecule has 0 saturated heterocycles. The summed E-state index contributed by atoms with van der Waals surface area (Å²) in [6.45, 7) is 24.8. The van der Waals surface area contributed by atoms with Gasteiger partial charge in [0.25, 0.3) is 11.8 Å². The van der Waals surface area contributed by atoms with E-state index in [0.29, 0.717) is 22.4 Å². The fraction of sp³-hybridized carbons (Fsp3) is 0.711. The maximum absolute atomic E-state index is 13.6. The van der Waals surface area contributed by atoms with E-state index in [1.54, 1.807) is 45.1 Å². The summed E-state index contributed by atoms with van der Waals surface area (Å²) in [5, 5.41) is 24.2. The predicted octanol–water partition coefficient (Wildman–Crippen LogP) is 8.40. The summed E-state index contributed by atoms with van der Waals surface area (Å²) >= 11 is 1.55. The predicted molar refractivity (Wildman–Crippen MR) is 196 cm³/mol. The number of anilines is 1. The molecule has 0 bridgehead atoms. The molecule has 1 aliphatic rings. The van der Waals surface area contributed by atoms with Crippen LogP contribution in [0.2, 0.25) is 0 Å². The van der Waals surface area contributed by atoms with E-state index in [9.17, 15) is 24.8 Å². The number of aliphatic hydroxyl groups is 1. The highest BCUT2D eigenvalue weighted by molar-refractivity contribution is 7.16. The van der Waals surface area contributed by atoms with Crippen LogP contribution in [0.25, 0.3) is 6.08 Å². The number of carbonyl (C=O) groups excluding carboxylic acids is 3. The summed E-state index contributed by atoms with van der Waals surface area (Å²) in [7, 11) is 0. The van der Waals surface area contributed by atoms with Crippen molar-refractivity contribution in [3.63, 3.8) is 0 Å². The van der Waals surface area contributed by atoms with Gasteiger partial charge in [-0.2, -0.15) is 10.3 Å². The smallest absolute Gasteiger partial charge is 0.286 e. The van der Waals surface area contributed by atoms with E-state index in [4.69, 9.17) is 4.98 Å². The number of imide groups is 1. The quantitative estimate of drug-likeness (QED) is 0.197. The fourth-order valence-corrected chi connectivity index (χ4v) is 7.25. The van der Waals surface area contributed by atoms with E-state index >= 15 is 0 Å². The number of carbonyl (C=O) groups is 3. The van der Waals surface area contributed by atoms with Crippen LogP contribution in [0.3, 0.4) is 0 Å². The van der Waals surface area contributed by atoms with Crippen molar-refractivity contribution in [2.24, 2.45) is 17.3 Å². The lowest BCUT2D eigenvalue weighted by atomic mass is 9.89. The van der Waals surface area contributed by atoms with Gasteiger partial charge in [0, 0.05) is 36.4 Å². The van der Waals surface area contributed by atoms with E-state index in [2.05, 4.69) is 53.4 Å². The van der Waals surface area contributed by atoms with Gasteiger partial charge in [0.05, 0.1) is 10.6 Å². The molecule has 0 radical (unpaired) electrons. The molecule has 0 spiro atoms. The summed E-state index contributed by atoms with van der Waals surface area (Å²) in [5.74, 6) is -1.20. The third kappa shape index (κ3) is 10.0. The Kier molecular flexibility index (Phi) is 15.1. The lowest BCUT2D eigenvalue weighted by molar-refractivity contribution is -0.189. The van der Waals surface area contributed by atoms with Gasteiger partial charge in [-0.3, -0.25) is 14.4 Å². The second-order valence-electron chi connectivity index (χ2n) is 15.3.